The minimum atomic E-state index is -1.11. The number of carbonyl (C=O) groups excluding carboxylic acids is 1. The Labute approximate surface area is 211 Å². The molecular weight excluding hydrogens is 440 g/mol. The second-order valence-electron chi connectivity index (χ2n) is 13.0. The van der Waals surface area contributed by atoms with E-state index in [9.17, 15) is 15.0 Å². The van der Waals surface area contributed by atoms with E-state index in [0.717, 1.165) is 37.0 Å². The molecule has 4 fully saturated rings. The third-order valence-corrected chi connectivity index (χ3v) is 11.3. The lowest BCUT2D eigenvalue weighted by atomic mass is 9.47. The smallest absolute Gasteiger partial charge is 0.303 e. The van der Waals surface area contributed by atoms with Crippen LogP contribution in [0.5, 0.6) is 0 Å². The Morgan fingerprint density at radius 3 is 2.60 bits per heavy atom. The van der Waals surface area contributed by atoms with Gasteiger partial charge in [0.05, 0.1) is 18.3 Å². The number of fused-ring (bicyclic) bond motifs is 5. The van der Waals surface area contributed by atoms with Gasteiger partial charge in [-0.25, -0.2) is 0 Å². The summed E-state index contributed by atoms with van der Waals surface area (Å²) in [6, 6.07) is 0. The summed E-state index contributed by atoms with van der Waals surface area (Å²) in [5.41, 5.74) is 2.24. The van der Waals surface area contributed by atoms with Crippen molar-refractivity contribution in [3.05, 3.63) is 24.3 Å². The molecule has 12 unspecified atom stereocenters. The lowest BCUT2D eigenvalue weighted by molar-refractivity contribution is -0.206. The van der Waals surface area contributed by atoms with Gasteiger partial charge in [-0.1, -0.05) is 38.5 Å². The molecule has 5 rings (SSSR count). The third-order valence-electron chi connectivity index (χ3n) is 11.3. The highest BCUT2D eigenvalue weighted by atomic mass is 16.6. The number of aliphatic hydroxyl groups excluding tert-OH is 2. The fourth-order valence-corrected chi connectivity index (χ4v) is 9.28. The number of ether oxygens (including phenoxy) is 2. The van der Waals surface area contributed by atoms with Gasteiger partial charge in [0.25, 0.3) is 0 Å². The van der Waals surface area contributed by atoms with Crippen LogP contribution in [0.25, 0.3) is 0 Å². The van der Waals surface area contributed by atoms with Crippen molar-refractivity contribution >= 4 is 5.97 Å². The van der Waals surface area contributed by atoms with E-state index in [1.54, 1.807) is 5.57 Å². The number of allylic oxidation sites excluding steroid dienone is 2. The Hall–Kier alpha value is -1.17. The molecule has 35 heavy (non-hydrogen) atoms. The quantitative estimate of drug-likeness (QED) is 0.422. The lowest BCUT2D eigenvalue weighted by Crippen LogP contribution is -2.56. The van der Waals surface area contributed by atoms with Gasteiger partial charge in [0.2, 0.25) is 0 Å². The summed E-state index contributed by atoms with van der Waals surface area (Å²) >= 11 is 0. The van der Waals surface area contributed by atoms with Crippen LogP contribution in [0, 0.1) is 40.4 Å². The number of aliphatic hydroxyl groups is 2. The normalized spacial score (nSPS) is 51.4. The molecule has 196 valence electrons. The van der Waals surface area contributed by atoms with Crippen LogP contribution < -0.4 is 0 Å². The van der Waals surface area contributed by atoms with Crippen LogP contribution in [0.15, 0.2) is 24.3 Å². The van der Waals surface area contributed by atoms with Crippen LogP contribution in [0.2, 0.25) is 0 Å². The molecule has 0 bridgehead atoms. The average Bonchev–Trinajstić information content (AvgIpc) is 3.16. The van der Waals surface area contributed by atoms with Crippen molar-refractivity contribution in [3.8, 4) is 0 Å². The number of rotatable bonds is 4. The first-order valence-corrected chi connectivity index (χ1v) is 14.1. The summed E-state index contributed by atoms with van der Waals surface area (Å²) in [6.07, 6.45) is 11.8. The van der Waals surface area contributed by atoms with Gasteiger partial charge in [-0.05, 0) is 98.2 Å². The zero-order chi connectivity index (χ0) is 25.1. The SMILES string of the molecule is C=CC1CCC2C3CC=C4CC(OC5CC(C)C(O)C(O)C5OC(C)=O)CCC4(C)C3CCC12C. The van der Waals surface area contributed by atoms with Crippen LogP contribution in [-0.4, -0.2) is 46.7 Å². The Kier molecular flexibility index (Phi) is 6.76. The van der Waals surface area contributed by atoms with Gasteiger partial charge < -0.3 is 19.7 Å². The van der Waals surface area contributed by atoms with Crippen LogP contribution in [0.4, 0.5) is 0 Å². The topological polar surface area (TPSA) is 76.0 Å². The van der Waals surface area contributed by atoms with Crippen LogP contribution in [0.1, 0.15) is 85.5 Å². The van der Waals surface area contributed by atoms with Crippen molar-refractivity contribution in [1.29, 1.82) is 0 Å². The van der Waals surface area contributed by atoms with E-state index in [2.05, 4.69) is 32.6 Å². The van der Waals surface area contributed by atoms with E-state index in [1.807, 2.05) is 6.92 Å². The van der Waals surface area contributed by atoms with Crippen molar-refractivity contribution < 1.29 is 24.5 Å². The first-order chi connectivity index (χ1) is 16.6. The Morgan fingerprint density at radius 1 is 1.11 bits per heavy atom. The Balaban J connectivity index is 1.30. The van der Waals surface area contributed by atoms with E-state index < -0.39 is 24.3 Å². The highest BCUT2D eigenvalue weighted by molar-refractivity contribution is 5.66. The van der Waals surface area contributed by atoms with Gasteiger partial charge in [0, 0.05) is 6.92 Å². The summed E-state index contributed by atoms with van der Waals surface area (Å²) in [4.78, 5) is 11.7. The third kappa shape index (κ3) is 4.14. The first kappa shape index (κ1) is 25.5. The molecule has 5 nitrogen and oxygen atoms in total. The van der Waals surface area contributed by atoms with Crippen molar-refractivity contribution in [2.24, 2.45) is 40.4 Å². The Bertz CT molecular complexity index is 867. The molecule has 0 aliphatic heterocycles. The lowest BCUT2D eigenvalue weighted by Gasteiger charge is -2.58. The molecule has 5 heteroatoms. The van der Waals surface area contributed by atoms with Gasteiger partial charge in [0.15, 0.2) is 6.10 Å². The summed E-state index contributed by atoms with van der Waals surface area (Å²) in [6.45, 7) is 12.5. The first-order valence-electron chi connectivity index (χ1n) is 14.1. The van der Waals surface area contributed by atoms with Gasteiger partial charge in [-0.15, -0.1) is 6.58 Å². The molecule has 0 spiro atoms. The molecule has 0 aromatic carbocycles. The molecule has 5 aliphatic carbocycles. The monoisotopic (exact) mass is 486 g/mol. The van der Waals surface area contributed by atoms with E-state index >= 15 is 0 Å². The largest absolute Gasteiger partial charge is 0.457 e. The van der Waals surface area contributed by atoms with E-state index in [4.69, 9.17) is 9.47 Å². The van der Waals surface area contributed by atoms with Gasteiger partial charge in [-0.2, -0.15) is 0 Å². The fourth-order valence-electron chi connectivity index (χ4n) is 9.28. The maximum Gasteiger partial charge on any atom is 0.303 e. The standard InChI is InChI=1S/C30H46O5/c1-6-19-8-10-23-22-9-7-20-16-21(11-13-30(20,5)24(22)12-14-29(19,23)4)35-25-15-17(2)26(32)27(33)28(25)34-18(3)31/h6-7,17,19,21-28,32-33H,1,8-16H2,2-5H3. The molecule has 0 aromatic rings. The van der Waals surface area contributed by atoms with Gasteiger partial charge in [0.1, 0.15) is 6.10 Å². The van der Waals surface area contributed by atoms with Crippen molar-refractivity contribution in [2.75, 3.05) is 0 Å². The molecule has 5 aliphatic rings. The van der Waals surface area contributed by atoms with Gasteiger partial charge in [-0.3, -0.25) is 4.79 Å². The van der Waals surface area contributed by atoms with E-state index in [1.165, 1.54) is 39.0 Å². The predicted octanol–water partition coefficient (Wildman–Crippen LogP) is 5.20. The van der Waals surface area contributed by atoms with Crippen molar-refractivity contribution in [2.45, 2.75) is 116 Å². The van der Waals surface area contributed by atoms with Crippen LogP contribution >= 0.6 is 0 Å². The summed E-state index contributed by atoms with van der Waals surface area (Å²) in [5.74, 6) is 2.48. The Morgan fingerprint density at radius 2 is 1.89 bits per heavy atom. The van der Waals surface area contributed by atoms with Gasteiger partial charge >= 0.3 is 5.97 Å². The summed E-state index contributed by atoms with van der Waals surface area (Å²) < 4.78 is 12.0. The molecule has 0 radical (unpaired) electrons. The zero-order valence-corrected chi connectivity index (χ0v) is 22.1. The molecule has 0 heterocycles. The average molecular weight is 487 g/mol. The maximum atomic E-state index is 11.7. The molecule has 2 N–H and O–H groups in total. The van der Waals surface area contributed by atoms with E-state index in [-0.39, 0.29) is 23.5 Å². The highest BCUT2D eigenvalue weighted by Crippen LogP contribution is 2.66. The van der Waals surface area contributed by atoms with E-state index in [0.29, 0.717) is 17.8 Å². The number of hydrogen-bond acceptors (Lipinski definition) is 5. The number of carbonyl (C=O) groups is 1. The molecule has 4 saturated carbocycles. The maximum absolute atomic E-state index is 11.7. The summed E-state index contributed by atoms with van der Waals surface area (Å²) in [7, 11) is 0. The number of esters is 1. The zero-order valence-electron chi connectivity index (χ0n) is 22.1. The summed E-state index contributed by atoms with van der Waals surface area (Å²) in [5, 5.41) is 21.0. The highest BCUT2D eigenvalue weighted by Gasteiger charge is 2.58. The molecule has 0 saturated heterocycles. The minimum Gasteiger partial charge on any atom is -0.457 e. The predicted molar refractivity (Wildman–Crippen MR) is 135 cm³/mol. The minimum absolute atomic E-state index is 0.0639. The van der Waals surface area contributed by atoms with Crippen LogP contribution in [0.3, 0.4) is 0 Å². The second-order valence-corrected chi connectivity index (χ2v) is 13.0. The van der Waals surface area contributed by atoms with Crippen LogP contribution in [-0.2, 0) is 14.3 Å². The number of hydrogen-bond donors (Lipinski definition) is 2. The fraction of sp³-hybridized carbons (Fsp3) is 0.833. The second kappa shape index (κ2) is 9.29. The molecule has 12 atom stereocenters. The van der Waals surface area contributed by atoms with Crippen molar-refractivity contribution in [1.82, 2.24) is 0 Å². The molecule has 0 aromatic heterocycles. The van der Waals surface area contributed by atoms with Crippen molar-refractivity contribution in [3.63, 3.8) is 0 Å². The molecule has 0 amide bonds. The molecular formula is C30H46O5.